The monoisotopic (exact) mass is 358 g/mol. The maximum Gasteiger partial charge on any atom is 0.408 e. The third kappa shape index (κ3) is 7.14. The van der Waals surface area contributed by atoms with Gasteiger partial charge in [-0.1, -0.05) is 5.92 Å². The molecular weight excluding hydrogens is 336 g/mol. The van der Waals surface area contributed by atoms with Crippen molar-refractivity contribution >= 4 is 12.1 Å². The van der Waals surface area contributed by atoms with Crippen LogP contribution in [0.2, 0.25) is 0 Å². The molecule has 0 saturated heterocycles. The first-order chi connectivity index (χ1) is 12.5. The van der Waals surface area contributed by atoms with E-state index in [-0.39, 0.29) is 37.9 Å². The summed E-state index contributed by atoms with van der Waals surface area (Å²) in [6, 6.07) is 0. The number of alkyl carbamates (subject to hydrolysis) is 1. The fraction of sp³-hybridized carbons (Fsp3) is 0.421. The zero-order chi connectivity index (χ0) is 19.4. The minimum Gasteiger partial charge on any atom is -0.506 e. The molecule has 7 heteroatoms. The number of ether oxygens (including phenoxy) is 2. The van der Waals surface area contributed by atoms with Gasteiger partial charge in [0.05, 0.1) is 12.2 Å². The van der Waals surface area contributed by atoms with Gasteiger partial charge in [-0.3, -0.25) is 9.78 Å². The molecule has 0 aromatic carbocycles. The van der Waals surface area contributed by atoms with E-state index in [9.17, 15) is 14.7 Å². The Morgan fingerprint density at radius 3 is 2.69 bits per heavy atom. The Labute approximate surface area is 153 Å². The number of carbonyl (C=O) groups excluding carboxylic acids is 2. The summed E-state index contributed by atoms with van der Waals surface area (Å²) in [5.41, 5.74) is 1.15. The summed E-state index contributed by atoms with van der Waals surface area (Å²) in [5, 5.41) is 12.5. The number of unbranched alkanes of at least 4 members (excludes halogenated alkanes) is 2. The topological polar surface area (TPSA) is 97.8 Å². The smallest absolute Gasteiger partial charge is 0.408 e. The van der Waals surface area contributed by atoms with Crippen molar-refractivity contribution in [1.29, 1.82) is 0 Å². The van der Waals surface area contributed by atoms with Crippen molar-refractivity contribution in [2.45, 2.75) is 45.8 Å². The van der Waals surface area contributed by atoms with E-state index in [2.05, 4.69) is 22.1 Å². The second-order valence-corrected chi connectivity index (χ2v) is 5.40. The van der Waals surface area contributed by atoms with Crippen molar-refractivity contribution in [1.82, 2.24) is 10.3 Å². The molecule has 0 atom stereocenters. The van der Waals surface area contributed by atoms with Crippen molar-refractivity contribution in [3.8, 4) is 30.4 Å². The van der Waals surface area contributed by atoms with E-state index < -0.39 is 6.09 Å². The third-order valence-corrected chi connectivity index (χ3v) is 3.45. The number of hydrogen-bond donors (Lipinski definition) is 2. The molecule has 0 bridgehead atoms. The molecule has 0 radical (unpaired) electrons. The van der Waals surface area contributed by atoms with Crippen LogP contribution in [-0.2, 0) is 27.5 Å². The standard InChI is InChI=1S/C19H22N2O5/c1-4-6-7-8-9-17(22)25-12-15-11-21-14(3)18(23)16(15)13-26-19(24)20-10-5-2/h1-2,11,23H,6-10,12-13H2,3H3,(H,20,24). The van der Waals surface area contributed by atoms with Crippen molar-refractivity contribution in [3.63, 3.8) is 0 Å². The molecule has 138 valence electrons. The van der Waals surface area contributed by atoms with Gasteiger partial charge in [0.25, 0.3) is 0 Å². The van der Waals surface area contributed by atoms with Crippen molar-refractivity contribution in [2.75, 3.05) is 6.54 Å². The highest BCUT2D eigenvalue weighted by Crippen LogP contribution is 2.25. The Bertz CT molecular complexity index is 716. The van der Waals surface area contributed by atoms with E-state index in [4.69, 9.17) is 22.3 Å². The van der Waals surface area contributed by atoms with Crippen LogP contribution in [0.5, 0.6) is 5.75 Å². The number of amides is 1. The number of esters is 1. The van der Waals surface area contributed by atoms with Crippen LogP contribution >= 0.6 is 0 Å². The van der Waals surface area contributed by atoms with Gasteiger partial charge in [-0.25, -0.2) is 4.79 Å². The van der Waals surface area contributed by atoms with E-state index in [1.54, 1.807) is 6.92 Å². The highest BCUT2D eigenvalue weighted by Gasteiger charge is 2.15. The summed E-state index contributed by atoms with van der Waals surface area (Å²) < 4.78 is 10.2. The quantitative estimate of drug-likeness (QED) is 0.399. The Morgan fingerprint density at radius 1 is 1.23 bits per heavy atom. The molecule has 0 fully saturated rings. The Hall–Kier alpha value is -3.19. The average molecular weight is 358 g/mol. The predicted molar refractivity (Wildman–Crippen MR) is 94.8 cm³/mol. The van der Waals surface area contributed by atoms with E-state index in [1.807, 2.05) is 0 Å². The molecule has 1 aromatic heterocycles. The molecule has 0 saturated carbocycles. The van der Waals surface area contributed by atoms with Crippen molar-refractivity contribution in [3.05, 3.63) is 23.0 Å². The molecule has 1 amide bonds. The molecule has 26 heavy (non-hydrogen) atoms. The molecule has 0 unspecified atom stereocenters. The summed E-state index contributed by atoms with van der Waals surface area (Å²) in [7, 11) is 0. The number of aromatic nitrogens is 1. The molecule has 7 nitrogen and oxygen atoms in total. The van der Waals surface area contributed by atoms with Gasteiger partial charge in [-0.15, -0.1) is 18.8 Å². The predicted octanol–water partition coefficient (Wildman–Crippen LogP) is 2.19. The van der Waals surface area contributed by atoms with E-state index in [1.165, 1.54) is 6.20 Å². The number of terminal acetylenes is 2. The maximum atomic E-state index is 11.8. The van der Waals surface area contributed by atoms with E-state index in [0.29, 0.717) is 29.7 Å². The van der Waals surface area contributed by atoms with Crippen LogP contribution < -0.4 is 5.32 Å². The first-order valence-corrected chi connectivity index (χ1v) is 8.09. The van der Waals surface area contributed by atoms with Gasteiger partial charge in [0, 0.05) is 30.2 Å². The Balaban J connectivity index is 2.66. The van der Waals surface area contributed by atoms with Crippen LogP contribution in [0.15, 0.2) is 6.20 Å². The third-order valence-electron chi connectivity index (χ3n) is 3.45. The molecule has 1 rings (SSSR count). The number of pyridine rings is 1. The van der Waals surface area contributed by atoms with Crippen LogP contribution in [0, 0.1) is 31.6 Å². The van der Waals surface area contributed by atoms with Crippen molar-refractivity contribution in [2.24, 2.45) is 0 Å². The number of aromatic hydroxyl groups is 1. The normalized spacial score (nSPS) is 9.65. The van der Waals surface area contributed by atoms with Gasteiger partial charge in [0.15, 0.2) is 0 Å². The first kappa shape index (κ1) is 20.9. The minimum atomic E-state index is -0.715. The van der Waals surface area contributed by atoms with Gasteiger partial charge in [-0.2, -0.15) is 0 Å². The molecule has 0 aliphatic carbocycles. The van der Waals surface area contributed by atoms with Gasteiger partial charge in [-0.05, 0) is 19.8 Å². The van der Waals surface area contributed by atoms with Gasteiger partial charge in [0.1, 0.15) is 19.0 Å². The summed E-state index contributed by atoms with van der Waals surface area (Å²) >= 11 is 0. The minimum absolute atomic E-state index is 0.0321. The number of aryl methyl sites for hydroxylation is 1. The summed E-state index contributed by atoms with van der Waals surface area (Å²) in [4.78, 5) is 27.3. The highest BCUT2D eigenvalue weighted by molar-refractivity contribution is 5.69. The molecule has 0 aliphatic rings. The summed E-state index contributed by atoms with van der Waals surface area (Å²) in [6.07, 6.45) is 13.2. The Kier molecular flexibility index (Phi) is 9.13. The average Bonchev–Trinajstić information content (AvgIpc) is 2.63. The molecule has 1 heterocycles. The number of rotatable bonds is 9. The fourth-order valence-corrected chi connectivity index (χ4v) is 2.01. The maximum absolute atomic E-state index is 11.8. The molecular formula is C19H22N2O5. The van der Waals surface area contributed by atoms with E-state index >= 15 is 0 Å². The molecule has 0 aliphatic heterocycles. The van der Waals surface area contributed by atoms with Crippen LogP contribution in [-0.4, -0.2) is 28.7 Å². The van der Waals surface area contributed by atoms with Gasteiger partial charge in [0.2, 0.25) is 0 Å². The lowest BCUT2D eigenvalue weighted by Crippen LogP contribution is -2.24. The van der Waals surface area contributed by atoms with Crippen LogP contribution in [0.4, 0.5) is 4.79 Å². The second kappa shape index (κ2) is 11.4. The largest absolute Gasteiger partial charge is 0.506 e. The Morgan fingerprint density at radius 2 is 2.00 bits per heavy atom. The second-order valence-electron chi connectivity index (χ2n) is 5.40. The van der Waals surface area contributed by atoms with Crippen LogP contribution in [0.1, 0.15) is 42.5 Å². The van der Waals surface area contributed by atoms with E-state index in [0.717, 1.165) is 6.42 Å². The SMILES string of the molecule is C#CCCCCC(=O)OCc1cnc(C)c(O)c1COC(=O)NCC#C. The first-order valence-electron chi connectivity index (χ1n) is 8.09. The number of nitrogens with one attached hydrogen (secondary N) is 1. The van der Waals surface area contributed by atoms with Crippen LogP contribution in [0.25, 0.3) is 0 Å². The van der Waals surface area contributed by atoms with Gasteiger partial charge >= 0.3 is 12.1 Å². The highest BCUT2D eigenvalue weighted by atomic mass is 16.5. The number of nitrogens with zero attached hydrogens (tertiary/aromatic N) is 1. The summed E-state index contributed by atoms with van der Waals surface area (Å²) in [6.45, 7) is 1.35. The van der Waals surface area contributed by atoms with Gasteiger partial charge < -0.3 is 19.9 Å². The van der Waals surface area contributed by atoms with Crippen molar-refractivity contribution < 1.29 is 24.2 Å². The molecule has 1 aromatic rings. The number of hydrogen-bond acceptors (Lipinski definition) is 6. The fourth-order valence-electron chi connectivity index (χ4n) is 2.01. The lowest BCUT2D eigenvalue weighted by molar-refractivity contribution is -0.145. The lowest BCUT2D eigenvalue weighted by atomic mass is 10.1. The number of carbonyl (C=O) groups is 2. The lowest BCUT2D eigenvalue weighted by Gasteiger charge is -2.13. The molecule has 2 N–H and O–H groups in total. The summed E-state index contributed by atoms with van der Waals surface area (Å²) in [5.74, 6) is 4.27. The zero-order valence-corrected chi connectivity index (χ0v) is 14.7. The van der Waals surface area contributed by atoms with Crippen LogP contribution in [0.3, 0.4) is 0 Å². The zero-order valence-electron chi connectivity index (χ0n) is 14.7. The molecule has 0 spiro atoms.